The zero-order valence-electron chi connectivity index (χ0n) is 21.3. The van der Waals surface area contributed by atoms with Crippen LogP contribution in [-0.4, -0.2) is 37.5 Å². The van der Waals surface area contributed by atoms with Crippen LogP contribution in [0.4, 0.5) is 0 Å². The molecule has 1 aromatic heterocycles. The first-order valence-corrected chi connectivity index (χ1v) is 11.5. The van der Waals surface area contributed by atoms with Crippen LogP contribution in [0, 0.1) is 5.41 Å². The summed E-state index contributed by atoms with van der Waals surface area (Å²) in [5.74, 6) is 0.391. The minimum absolute atomic E-state index is 0.0554. The number of aromatic hydroxyl groups is 1. The van der Waals surface area contributed by atoms with Gasteiger partial charge in [0.15, 0.2) is 5.78 Å². The Morgan fingerprint density at radius 2 is 1.53 bits per heavy atom. The van der Waals surface area contributed by atoms with Gasteiger partial charge in [0.05, 0.1) is 17.4 Å². The fraction of sp³-hybridized carbons (Fsp3) is 0.444. The molecule has 0 saturated heterocycles. The average molecular weight is 463 g/mol. The highest BCUT2D eigenvalue weighted by Gasteiger charge is 2.31. The van der Waals surface area contributed by atoms with Gasteiger partial charge in [-0.05, 0) is 40.7 Å². The second-order valence-electron chi connectivity index (χ2n) is 11.4. The van der Waals surface area contributed by atoms with Crippen LogP contribution in [0.15, 0.2) is 29.1 Å². The zero-order chi connectivity index (χ0) is 25.3. The van der Waals surface area contributed by atoms with Crippen molar-refractivity contribution in [3.8, 4) is 5.75 Å². The number of benzene rings is 2. The van der Waals surface area contributed by atoms with Crippen LogP contribution in [0.25, 0.3) is 10.9 Å². The van der Waals surface area contributed by atoms with Crippen LogP contribution < -0.4 is 5.56 Å². The van der Waals surface area contributed by atoms with Crippen molar-refractivity contribution in [2.24, 2.45) is 14.1 Å². The molecule has 0 amide bonds. The Morgan fingerprint density at radius 1 is 0.971 bits per heavy atom. The van der Waals surface area contributed by atoms with Crippen molar-refractivity contribution in [3.63, 3.8) is 0 Å². The van der Waals surface area contributed by atoms with Gasteiger partial charge in [0, 0.05) is 42.9 Å². The third kappa shape index (κ3) is 3.73. The SMILES string of the molecule is Cn1c(=O)c2cc3c(cc2n1C)CN(CC(=O)c1cc(C(C)(C)C)c(O)c(C(C)(C)C)c1)C3=N. The number of aryl methyl sites for hydroxylation is 1. The Balaban J connectivity index is 1.69. The minimum Gasteiger partial charge on any atom is -0.507 e. The van der Waals surface area contributed by atoms with Crippen molar-refractivity contribution in [1.29, 1.82) is 5.41 Å². The lowest BCUT2D eigenvalue weighted by Crippen LogP contribution is -2.30. The van der Waals surface area contributed by atoms with Crippen molar-refractivity contribution in [3.05, 3.63) is 62.4 Å². The quantitative estimate of drug-likeness (QED) is 0.571. The predicted octanol–water partition coefficient (Wildman–Crippen LogP) is 4.20. The normalized spacial score (nSPS) is 14.2. The van der Waals surface area contributed by atoms with Gasteiger partial charge < -0.3 is 10.0 Å². The van der Waals surface area contributed by atoms with Gasteiger partial charge in [0.1, 0.15) is 11.6 Å². The summed E-state index contributed by atoms with van der Waals surface area (Å²) in [6.07, 6.45) is 0. The lowest BCUT2D eigenvalue weighted by Gasteiger charge is -2.28. The molecule has 2 aromatic carbocycles. The number of rotatable bonds is 3. The van der Waals surface area contributed by atoms with Gasteiger partial charge in [-0.15, -0.1) is 0 Å². The van der Waals surface area contributed by atoms with Gasteiger partial charge in [-0.1, -0.05) is 41.5 Å². The molecule has 0 spiro atoms. The molecule has 0 saturated carbocycles. The Labute approximate surface area is 200 Å². The number of nitrogens with zero attached hydrogens (tertiary/aromatic N) is 3. The topological polar surface area (TPSA) is 91.3 Å². The molecule has 0 radical (unpaired) electrons. The van der Waals surface area contributed by atoms with E-state index in [4.69, 9.17) is 5.41 Å². The van der Waals surface area contributed by atoms with E-state index in [1.165, 1.54) is 0 Å². The molecular weight excluding hydrogens is 428 g/mol. The molecule has 0 fully saturated rings. The Hall–Kier alpha value is -3.35. The van der Waals surface area contributed by atoms with E-state index in [0.717, 1.165) is 22.2 Å². The lowest BCUT2D eigenvalue weighted by atomic mass is 9.78. The van der Waals surface area contributed by atoms with Gasteiger partial charge >= 0.3 is 0 Å². The molecule has 0 bridgehead atoms. The summed E-state index contributed by atoms with van der Waals surface area (Å²) in [4.78, 5) is 27.7. The van der Waals surface area contributed by atoms with Gasteiger partial charge in [-0.2, -0.15) is 0 Å². The molecule has 7 nitrogen and oxygen atoms in total. The third-order valence-electron chi connectivity index (χ3n) is 6.86. The van der Waals surface area contributed by atoms with Crippen molar-refractivity contribution in [2.45, 2.75) is 58.9 Å². The first kappa shape index (κ1) is 23.8. The number of phenolic OH excluding ortho intramolecular Hbond substituents is 1. The highest BCUT2D eigenvalue weighted by Crippen LogP contribution is 2.40. The van der Waals surface area contributed by atoms with Crippen molar-refractivity contribution in [2.75, 3.05) is 6.54 Å². The van der Waals surface area contributed by atoms with Crippen LogP contribution in [0.1, 0.15) is 74.2 Å². The summed E-state index contributed by atoms with van der Waals surface area (Å²) in [7, 11) is 3.56. The number of amidine groups is 1. The number of phenols is 1. The highest BCUT2D eigenvalue weighted by molar-refractivity contribution is 6.07. The van der Waals surface area contributed by atoms with Crippen molar-refractivity contribution in [1.82, 2.24) is 14.3 Å². The number of carbonyl (C=O) groups excluding carboxylic acids is 1. The van der Waals surface area contributed by atoms with Crippen LogP contribution in [0.3, 0.4) is 0 Å². The van der Waals surface area contributed by atoms with E-state index in [2.05, 4.69) is 0 Å². The van der Waals surface area contributed by atoms with E-state index < -0.39 is 0 Å². The minimum atomic E-state index is -0.330. The number of hydrogen-bond acceptors (Lipinski definition) is 4. The van der Waals surface area contributed by atoms with E-state index in [9.17, 15) is 14.7 Å². The number of aromatic nitrogens is 2. The molecule has 0 aliphatic carbocycles. The molecule has 2 heterocycles. The number of Topliss-reactive ketones (excluding diaryl/α,β-unsaturated/α-hetero) is 1. The number of fused-ring (bicyclic) bond motifs is 2. The van der Waals surface area contributed by atoms with Gasteiger partial charge in [-0.25, -0.2) is 0 Å². The molecule has 0 unspecified atom stereocenters. The van der Waals surface area contributed by atoms with E-state index >= 15 is 0 Å². The maximum Gasteiger partial charge on any atom is 0.274 e. The maximum absolute atomic E-state index is 13.4. The summed E-state index contributed by atoms with van der Waals surface area (Å²) >= 11 is 0. The Kier molecular flexibility index (Phi) is 5.31. The smallest absolute Gasteiger partial charge is 0.274 e. The molecule has 3 aromatic rings. The second-order valence-corrected chi connectivity index (χ2v) is 11.4. The zero-order valence-corrected chi connectivity index (χ0v) is 21.3. The highest BCUT2D eigenvalue weighted by atomic mass is 16.3. The van der Waals surface area contributed by atoms with Gasteiger partial charge in [0.2, 0.25) is 0 Å². The van der Waals surface area contributed by atoms with Crippen LogP contribution in [0.2, 0.25) is 0 Å². The number of nitrogens with one attached hydrogen (secondary N) is 1. The number of carbonyl (C=O) groups is 1. The molecule has 34 heavy (non-hydrogen) atoms. The summed E-state index contributed by atoms with van der Waals surface area (Å²) in [6.45, 7) is 12.6. The molecule has 7 heteroatoms. The van der Waals surface area contributed by atoms with E-state index in [0.29, 0.717) is 23.1 Å². The molecule has 1 aliphatic heterocycles. The van der Waals surface area contributed by atoms with E-state index in [1.807, 2.05) is 54.7 Å². The fourth-order valence-electron chi connectivity index (χ4n) is 4.69. The van der Waals surface area contributed by atoms with E-state index in [1.54, 1.807) is 39.5 Å². The third-order valence-corrected chi connectivity index (χ3v) is 6.86. The summed E-state index contributed by atoms with van der Waals surface area (Å²) in [5.41, 5.74) is 3.70. The van der Waals surface area contributed by atoms with Gasteiger partial charge in [0.25, 0.3) is 5.56 Å². The molecule has 2 N–H and O–H groups in total. The molecule has 1 aliphatic rings. The predicted molar refractivity (Wildman–Crippen MR) is 135 cm³/mol. The molecule has 180 valence electrons. The maximum atomic E-state index is 13.4. The summed E-state index contributed by atoms with van der Waals surface area (Å²) in [5, 5.41) is 20.2. The average Bonchev–Trinajstić information content (AvgIpc) is 3.14. The van der Waals surface area contributed by atoms with Crippen LogP contribution >= 0.6 is 0 Å². The Bertz CT molecular complexity index is 1380. The molecular formula is C27H34N4O3. The molecule has 4 rings (SSSR count). The first-order valence-electron chi connectivity index (χ1n) is 11.5. The van der Waals surface area contributed by atoms with Crippen molar-refractivity contribution >= 4 is 22.5 Å². The second kappa shape index (κ2) is 7.58. The monoisotopic (exact) mass is 462 g/mol. The van der Waals surface area contributed by atoms with E-state index in [-0.39, 0.29) is 40.3 Å². The van der Waals surface area contributed by atoms with Crippen molar-refractivity contribution < 1.29 is 9.90 Å². The lowest BCUT2D eigenvalue weighted by molar-refractivity contribution is 0.0962. The summed E-state index contributed by atoms with van der Waals surface area (Å²) in [6, 6.07) is 7.30. The Morgan fingerprint density at radius 3 is 2.06 bits per heavy atom. The van der Waals surface area contributed by atoms with Crippen LogP contribution in [-0.2, 0) is 31.5 Å². The summed E-state index contributed by atoms with van der Waals surface area (Å²) < 4.78 is 3.35. The van der Waals surface area contributed by atoms with Gasteiger partial charge in [-0.3, -0.25) is 24.4 Å². The fourth-order valence-corrected chi connectivity index (χ4v) is 4.69. The molecule has 0 atom stereocenters. The van der Waals surface area contributed by atoms with Crippen LogP contribution in [0.5, 0.6) is 5.75 Å². The standard InChI is InChI=1S/C27H34N4O3/c1-26(2,3)19-9-15(10-20(23(19)33)27(4,5)6)22(32)14-31-13-16-11-21-18(12-17(16)24(31)28)25(34)30(8)29(21)7/h9-12,28,33H,13-14H2,1-8H3. The number of ketones is 1. The number of hydrogen-bond donors (Lipinski definition) is 2. The largest absolute Gasteiger partial charge is 0.507 e. The first-order chi connectivity index (χ1) is 15.6.